The van der Waals surface area contributed by atoms with Crippen LogP contribution in [0, 0.1) is 11.5 Å². The molecule has 1 N–H and O–H groups in total. The normalized spacial score (nSPS) is 14.1. The van der Waals surface area contributed by atoms with E-state index < -0.39 is 0 Å². The summed E-state index contributed by atoms with van der Waals surface area (Å²) in [4.78, 5) is 9.85. The van der Waals surface area contributed by atoms with E-state index in [0.29, 0.717) is 34.9 Å². The number of phenolic OH excluding ortho intramolecular Hbond substituents is 1. The topological polar surface area (TPSA) is 68.4 Å². The molecule has 5 aromatic carbocycles. The molecular formula is C51H43N2O3Pt-. The first-order valence-corrected chi connectivity index (χ1v) is 19.8. The van der Waals surface area contributed by atoms with Crippen LogP contribution in [0.1, 0.15) is 72.9 Å². The van der Waals surface area contributed by atoms with Gasteiger partial charge in [-0.1, -0.05) is 112 Å². The van der Waals surface area contributed by atoms with Gasteiger partial charge in [-0.25, -0.2) is 4.98 Å². The van der Waals surface area contributed by atoms with Gasteiger partial charge in [0.05, 0.1) is 11.3 Å². The Kier molecular flexibility index (Phi) is 9.41. The summed E-state index contributed by atoms with van der Waals surface area (Å²) in [6.07, 6.45) is 4.49. The quantitative estimate of drug-likeness (QED) is 0.161. The van der Waals surface area contributed by atoms with Gasteiger partial charge in [0.15, 0.2) is 0 Å². The van der Waals surface area contributed by atoms with Crippen molar-refractivity contribution in [1.29, 1.82) is 0 Å². The second-order valence-electron chi connectivity index (χ2n) is 16.5. The summed E-state index contributed by atoms with van der Waals surface area (Å²) in [5.74, 6) is 1.57. The molecule has 0 saturated carbocycles. The Labute approximate surface area is 348 Å². The van der Waals surface area contributed by atoms with E-state index in [4.69, 9.17) is 19.1 Å². The molecule has 0 bridgehead atoms. The maximum atomic E-state index is 10.9. The van der Waals surface area contributed by atoms with Crippen molar-refractivity contribution in [3.05, 3.63) is 161 Å². The number of nitrogens with zero attached hydrogens (tertiary/aromatic N) is 2. The Morgan fingerprint density at radius 1 is 0.632 bits per heavy atom. The standard InChI is InChI=1S/C51H43N2O3.Pt/c1-30(2)38-14-9-15-39(31(3)4)50(38)35-22-44(41-13-7-8-17-45(41)54)53-49(25-35)56-48-18-10-16-43(52-48)32-19-20-40-42-21-36-28-51(26-33-11-5-6-12-34(33)27-51)29-37(36)24-47(42)55-46(40)23-32;/h5-18,20-25,30-31,54H,26-29H2,1-4H3;/q-1;. The number of aromatic nitrogens is 2. The molecule has 6 heteroatoms. The van der Waals surface area contributed by atoms with Crippen LogP contribution in [0.2, 0.25) is 0 Å². The maximum absolute atomic E-state index is 10.9. The van der Waals surface area contributed by atoms with Crippen LogP contribution in [0.25, 0.3) is 55.6 Å². The van der Waals surface area contributed by atoms with Crippen LogP contribution >= 0.6 is 0 Å². The van der Waals surface area contributed by atoms with Crippen LogP contribution in [0.15, 0.2) is 126 Å². The predicted molar refractivity (Wildman–Crippen MR) is 225 cm³/mol. The van der Waals surface area contributed by atoms with E-state index in [2.05, 4.69) is 94.4 Å². The average Bonchev–Trinajstić information content (AvgIpc) is 3.86. The molecule has 1 spiro atoms. The van der Waals surface area contributed by atoms with E-state index in [1.54, 1.807) is 6.07 Å². The number of pyridine rings is 2. The Morgan fingerprint density at radius 2 is 1.26 bits per heavy atom. The van der Waals surface area contributed by atoms with Crippen LogP contribution in [0.5, 0.6) is 17.5 Å². The van der Waals surface area contributed by atoms with E-state index in [1.165, 1.54) is 38.9 Å². The molecule has 0 saturated heterocycles. The summed E-state index contributed by atoms with van der Waals surface area (Å²) in [6, 6.07) is 44.8. The fourth-order valence-corrected chi connectivity index (χ4v) is 9.36. The van der Waals surface area contributed by atoms with E-state index in [0.717, 1.165) is 64.4 Å². The van der Waals surface area contributed by atoms with Crippen LogP contribution in [-0.2, 0) is 46.7 Å². The average molecular weight is 927 g/mol. The minimum atomic E-state index is 0. The van der Waals surface area contributed by atoms with Crippen molar-refractivity contribution in [2.24, 2.45) is 5.41 Å². The third-order valence-corrected chi connectivity index (χ3v) is 12.0. The minimum absolute atomic E-state index is 0. The van der Waals surface area contributed by atoms with Crippen molar-refractivity contribution >= 4 is 21.9 Å². The van der Waals surface area contributed by atoms with Gasteiger partial charge in [-0.3, -0.25) is 4.98 Å². The van der Waals surface area contributed by atoms with Crippen molar-refractivity contribution < 1.29 is 35.3 Å². The van der Waals surface area contributed by atoms with E-state index >= 15 is 0 Å². The zero-order valence-corrected chi connectivity index (χ0v) is 34.8. The van der Waals surface area contributed by atoms with Gasteiger partial charge < -0.3 is 14.3 Å². The number of phenols is 1. The number of rotatable bonds is 7. The van der Waals surface area contributed by atoms with Gasteiger partial charge >= 0.3 is 0 Å². The van der Waals surface area contributed by atoms with Crippen molar-refractivity contribution in [3.8, 4) is 51.2 Å². The summed E-state index contributed by atoms with van der Waals surface area (Å²) >= 11 is 0. The molecule has 0 atom stereocenters. The number of furan rings is 1. The monoisotopic (exact) mass is 926 g/mol. The molecule has 2 aliphatic carbocycles. The first-order valence-electron chi connectivity index (χ1n) is 19.8. The number of hydrogen-bond donors (Lipinski definition) is 1. The molecule has 0 radical (unpaired) electrons. The number of aromatic hydroxyl groups is 1. The number of para-hydroxylation sites is 1. The van der Waals surface area contributed by atoms with Crippen molar-refractivity contribution in [2.45, 2.75) is 65.2 Å². The molecule has 5 nitrogen and oxygen atoms in total. The number of ether oxygens (including phenoxy) is 1. The third kappa shape index (κ3) is 6.66. The molecule has 3 aromatic heterocycles. The molecule has 2 aliphatic rings. The number of benzene rings is 5. The van der Waals surface area contributed by atoms with Crippen LogP contribution in [0.4, 0.5) is 0 Å². The minimum Gasteiger partial charge on any atom is -0.507 e. The van der Waals surface area contributed by atoms with Gasteiger partial charge in [0.1, 0.15) is 11.3 Å². The van der Waals surface area contributed by atoms with Gasteiger partial charge in [0, 0.05) is 32.7 Å². The molecule has 0 unspecified atom stereocenters. The largest absolute Gasteiger partial charge is 0.507 e. The van der Waals surface area contributed by atoms with Crippen LogP contribution in [0.3, 0.4) is 0 Å². The smallest absolute Gasteiger partial charge is 0.222 e. The molecule has 57 heavy (non-hydrogen) atoms. The molecule has 286 valence electrons. The van der Waals surface area contributed by atoms with Crippen molar-refractivity contribution in [1.82, 2.24) is 9.97 Å². The third-order valence-electron chi connectivity index (χ3n) is 12.0. The van der Waals surface area contributed by atoms with Gasteiger partial charge in [0.2, 0.25) is 11.8 Å². The predicted octanol–water partition coefficient (Wildman–Crippen LogP) is 12.8. The molecule has 0 fully saturated rings. The Balaban J connectivity index is 0.00000422. The summed E-state index contributed by atoms with van der Waals surface area (Å²) in [5.41, 5.74) is 15.4. The van der Waals surface area contributed by atoms with E-state index in [1.807, 2.05) is 54.6 Å². The fraction of sp³-hybridized carbons (Fsp3) is 0.216. The summed E-state index contributed by atoms with van der Waals surface area (Å²) in [5, 5.41) is 13.1. The SMILES string of the molecule is CC(C)c1cccc(C(C)C)c1-c1cc(Oc2cccc(-c3[c-]cc4c(c3)oc3cc5c(cc34)CC3(Cc4ccccc4C3)C5)n2)nc(-c2ccccc2O)c1.[Pt]. The van der Waals surface area contributed by atoms with Crippen molar-refractivity contribution in [2.75, 3.05) is 0 Å². The molecule has 3 heterocycles. The first kappa shape index (κ1) is 37.1. The summed E-state index contributed by atoms with van der Waals surface area (Å²) in [6.45, 7) is 8.88. The summed E-state index contributed by atoms with van der Waals surface area (Å²) in [7, 11) is 0. The molecule has 0 amide bonds. The van der Waals surface area contributed by atoms with Gasteiger partial charge in [-0.2, -0.15) is 0 Å². The second kappa shape index (κ2) is 14.5. The molecule has 8 aromatic rings. The van der Waals surface area contributed by atoms with Gasteiger partial charge in [0.25, 0.3) is 0 Å². The molecular weight excluding hydrogens is 884 g/mol. The maximum Gasteiger partial charge on any atom is 0.222 e. The zero-order chi connectivity index (χ0) is 38.1. The van der Waals surface area contributed by atoms with E-state index in [9.17, 15) is 5.11 Å². The van der Waals surface area contributed by atoms with Crippen LogP contribution in [-0.4, -0.2) is 15.1 Å². The van der Waals surface area contributed by atoms with Crippen LogP contribution < -0.4 is 4.74 Å². The van der Waals surface area contributed by atoms with E-state index in [-0.39, 0.29) is 32.2 Å². The Bertz CT molecular complexity index is 2780. The zero-order valence-electron chi connectivity index (χ0n) is 32.5. The molecule has 10 rings (SSSR count). The van der Waals surface area contributed by atoms with Gasteiger partial charge in [-0.05, 0) is 129 Å². The van der Waals surface area contributed by atoms with Gasteiger partial charge in [-0.15, -0.1) is 17.7 Å². The number of hydrogen-bond acceptors (Lipinski definition) is 5. The number of fused-ring (bicyclic) bond motifs is 5. The first-order chi connectivity index (χ1) is 27.2. The summed E-state index contributed by atoms with van der Waals surface area (Å²) < 4.78 is 13.0. The Hall–Kier alpha value is -5.51. The fourth-order valence-electron chi connectivity index (χ4n) is 9.36. The Morgan fingerprint density at radius 3 is 1.98 bits per heavy atom. The van der Waals surface area contributed by atoms with Crippen molar-refractivity contribution in [3.63, 3.8) is 0 Å². The molecule has 0 aliphatic heterocycles. The second-order valence-corrected chi connectivity index (χ2v) is 16.5.